The Kier molecular flexibility index (Phi) is 5.91. The monoisotopic (exact) mass is 439 g/mol. The van der Waals surface area contributed by atoms with E-state index in [9.17, 15) is 5.11 Å². The Hall–Kier alpha value is -1.38. The standard InChI is InChI=1S/C27H41N3O2/c1-18(16-30-13-10-20(15-28)29-30)24-6-7-25-23-5-4-19-14-27(31,17-32-3)12-9-21(19)22(23)8-11-26(24,25)2/h10,13,18-19,21-25,31H,4-9,11-12,14,16-17H2,1-3H3/t18-,19+,21-,22+,23+,24?,25-,26+,27+/m0/s1. The molecule has 0 amide bonds. The molecule has 32 heavy (non-hydrogen) atoms. The maximum atomic E-state index is 11.0. The van der Waals surface area contributed by atoms with Crippen molar-refractivity contribution in [1.29, 1.82) is 5.26 Å². The second-order valence-corrected chi connectivity index (χ2v) is 12.1. The third-order valence-corrected chi connectivity index (χ3v) is 10.5. The fraction of sp³-hybridized carbons (Fsp3) is 0.852. The fourth-order valence-electron chi connectivity index (χ4n) is 9.28. The highest BCUT2D eigenvalue weighted by Crippen LogP contribution is 2.65. The summed E-state index contributed by atoms with van der Waals surface area (Å²) >= 11 is 0. The molecular weight excluding hydrogens is 398 g/mol. The highest BCUT2D eigenvalue weighted by atomic mass is 16.5. The van der Waals surface area contributed by atoms with Gasteiger partial charge in [0, 0.05) is 19.9 Å². The lowest BCUT2D eigenvalue weighted by Gasteiger charge is -2.57. The fourth-order valence-corrected chi connectivity index (χ4v) is 9.28. The van der Waals surface area contributed by atoms with Crippen LogP contribution in [0.2, 0.25) is 0 Å². The number of nitrogens with zero attached hydrogens (tertiary/aromatic N) is 3. The van der Waals surface area contributed by atoms with Crippen molar-refractivity contribution in [3.8, 4) is 6.07 Å². The minimum absolute atomic E-state index is 0.448. The number of fused-ring (bicyclic) bond motifs is 5. The Balaban J connectivity index is 1.27. The van der Waals surface area contributed by atoms with Crippen LogP contribution < -0.4 is 0 Å². The van der Waals surface area contributed by atoms with Crippen LogP contribution in [0.25, 0.3) is 0 Å². The van der Waals surface area contributed by atoms with Crippen molar-refractivity contribution < 1.29 is 9.84 Å². The van der Waals surface area contributed by atoms with Crippen molar-refractivity contribution in [3.63, 3.8) is 0 Å². The molecule has 0 spiro atoms. The first-order chi connectivity index (χ1) is 15.4. The van der Waals surface area contributed by atoms with Crippen molar-refractivity contribution >= 4 is 0 Å². The largest absolute Gasteiger partial charge is 0.387 e. The highest BCUT2D eigenvalue weighted by Gasteiger charge is 2.58. The summed E-state index contributed by atoms with van der Waals surface area (Å²) in [5.74, 6) is 5.47. The van der Waals surface area contributed by atoms with Gasteiger partial charge in [0.15, 0.2) is 5.69 Å². The molecule has 1 aromatic heterocycles. The number of hydrogen-bond donors (Lipinski definition) is 1. The average molecular weight is 440 g/mol. The summed E-state index contributed by atoms with van der Waals surface area (Å²) in [5, 5.41) is 24.5. The van der Waals surface area contributed by atoms with Crippen molar-refractivity contribution in [1.82, 2.24) is 9.78 Å². The molecule has 9 atom stereocenters. The summed E-state index contributed by atoms with van der Waals surface area (Å²) in [6, 6.07) is 3.98. The molecule has 0 aliphatic heterocycles. The molecule has 0 bridgehead atoms. The van der Waals surface area contributed by atoms with Crippen LogP contribution in [0.4, 0.5) is 0 Å². The summed E-state index contributed by atoms with van der Waals surface area (Å²) in [6.45, 7) is 6.44. The van der Waals surface area contributed by atoms with E-state index in [0.29, 0.717) is 29.6 Å². The number of rotatable bonds is 5. The van der Waals surface area contributed by atoms with Crippen molar-refractivity contribution in [2.75, 3.05) is 13.7 Å². The van der Waals surface area contributed by atoms with Crippen molar-refractivity contribution in [2.24, 2.45) is 46.8 Å². The van der Waals surface area contributed by atoms with Gasteiger partial charge in [-0.05, 0) is 111 Å². The zero-order chi connectivity index (χ0) is 22.5. The third kappa shape index (κ3) is 3.72. The molecule has 0 saturated heterocycles. The lowest BCUT2D eigenvalue weighted by atomic mass is 9.48. The maximum absolute atomic E-state index is 11.0. The van der Waals surface area contributed by atoms with Gasteiger partial charge in [-0.2, -0.15) is 10.4 Å². The molecule has 4 aliphatic carbocycles. The summed E-state index contributed by atoms with van der Waals surface area (Å²) in [6.07, 6.45) is 13.2. The molecule has 0 radical (unpaired) electrons. The maximum Gasteiger partial charge on any atom is 0.162 e. The SMILES string of the molecule is COC[C@@]1(O)CC[C@H]2[C@H](CC[C@@H]3[C@@H]2CC[C@]2(C)C([C@@H](C)Cn4ccc(C#N)n4)CC[C@@H]32)C1. The molecular formula is C27H41N3O2. The Morgan fingerprint density at radius 2 is 2.00 bits per heavy atom. The predicted molar refractivity (Wildman–Crippen MR) is 124 cm³/mol. The van der Waals surface area contributed by atoms with E-state index in [1.165, 1.54) is 44.9 Å². The molecule has 4 saturated carbocycles. The molecule has 176 valence electrons. The predicted octanol–water partition coefficient (Wildman–Crippen LogP) is 5.04. The van der Waals surface area contributed by atoms with Crippen molar-refractivity contribution in [2.45, 2.75) is 83.8 Å². The topological polar surface area (TPSA) is 71.1 Å². The zero-order valence-electron chi connectivity index (χ0n) is 20.2. The summed E-state index contributed by atoms with van der Waals surface area (Å²) < 4.78 is 7.34. The van der Waals surface area contributed by atoms with Gasteiger partial charge in [-0.15, -0.1) is 0 Å². The van der Waals surface area contributed by atoms with E-state index >= 15 is 0 Å². The second-order valence-electron chi connectivity index (χ2n) is 12.1. The number of hydrogen-bond acceptors (Lipinski definition) is 4. The van der Waals surface area contributed by atoms with Crippen LogP contribution >= 0.6 is 0 Å². The van der Waals surface area contributed by atoms with Crippen molar-refractivity contribution in [3.05, 3.63) is 18.0 Å². The zero-order valence-corrected chi connectivity index (χ0v) is 20.2. The van der Waals surface area contributed by atoms with E-state index in [1.54, 1.807) is 7.11 Å². The van der Waals surface area contributed by atoms with Crippen LogP contribution in [-0.4, -0.2) is 34.2 Å². The van der Waals surface area contributed by atoms with E-state index in [0.717, 1.165) is 49.0 Å². The Labute approximate surface area is 193 Å². The average Bonchev–Trinajstić information content (AvgIpc) is 3.36. The van der Waals surface area contributed by atoms with E-state index < -0.39 is 5.60 Å². The second kappa shape index (κ2) is 8.44. The van der Waals surface area contributed by atoms with E-state index in [1.807, 2.05) is 16.9 Å². The molecule has 5 rings (SSSR count). The summed E-state index contributed by atoms with van der Waals surface area (Å²) in [7, 11) is 1.72. The van der Waals surface area contributed by atoms with Crippen LogP contribution in [0.1, 0.15) is 77.3 Å². The van der Waals surface area contributed by atoms with Gasteiger partial charge in [0.2, 0.25) is 0 Å². The Morgan fingerprint density at radius 1 is 1.19 bits per heavy atom. The lowest BCUT2D eigenvalue weighted by Crippen LogP contribution is -2.52. The summed E-state index contributed by atoms with van der Waals surface area (Å²) in [4.78, 5) is 0. The smallest absolute Gasteiger partial charge is 0.162 e. The number of ether oxygens (including phenoxy) is 1. The Morgan fingerprint density at radius 3 is 2.75 bits per heavy atom. The number of methoxy groups -OCH3 is 1. The molecule has 1 unspecified atom stereocenters. The molecule has 1 N–H and O–H groups in total. The van der Waals surface area contributed by atoms with Gasteiger partial charge in [0.1, 0.15) is 6.07 Å². The third-order valence-electron chi connectivity index (χ3n) is 10.5. The van der Waals surface area contributed by atoms with Crippen LogP contribution in [0.15, 0.2) is 12.3 Å². The minimum atomic E-state index is -0.586. The molecule has 1 aromatic rings. The number of aliphatic hydroxyl groups is 1. The normalized spacial score (nSPS) is 44.2. The first kappa shape index (κ1) is 22.4. The van der Waals surface area contributed by atoms with Crippen LogP contribution in [-0.2, 0) is 11.3 Å². The van der Waals surface area contributed by atoms with Crippen LogP contribution in [0.3, 0.4) is 0 Å². The highest BCUT2D eigenvalue weighted by molar-refractivity contribution is 5.16. The number of nitriles is 1. The van der Waals surface area contributed by atoms with Gasteiger partial charge in [-0.1, -0.05) is 13.8 Å². The lowest BCUT2D eigenvalue weighted by molar-refractivity contribution is -0.126. The van der Waals surface area contributed by atoms with Crippen LogP contribution in [0, 0.1) is 58.2 Å². The minimum Gasteiger partial charge on any atom is -0.387 e. The van der Waals surface area contributed by atoms with Gasteiger partial charge in [-0.3, -0.25) is 4.68 Å². The number of aromatic nitrogens is 2. The van der Waals surface area contributed by atoms with Gasteiger partial charge in [0.25, 0.3) is 0 Å². The molecule has 5 heteroatoms. The van der Waals surface area contributed by atoms with Gasteiger partial charge < -0.3 is 9.84 Å². The first-order valence-electron chi connectivity index (χ1n) is 13.0. The Bertz CT molecular complexity index is 861. The van der Waals surface area contributed by atoms with E-state index in [-0.39, 0.29) is 0 Å². The first-order valence-corrected chi connectivity index (χ1v) is 13.0. The van der Waals surface area contributed by atoms with Crippen LogP contribution in [0.5, 0.6) is 0 Å². The molecule has 1 heterocycles. The van der Waals surface area contributed by atoms with Gasteiger partial charge in [-0.25, -0.2) is 0 Å². The van der Waals surface area contributed by atoms with Gasteiger partial charge in [0.05, 0.1) is 12.2 Å². The molecule has 0 aromatic carbocycles. The molecule has 4 aliphatic rings. The van der Waals surface area contributed by atoms with Gasteiger partial charge >= 0.3 is 0 Å². The molecule has 5 nitrogen and oxygen atoms in total. The van der Waals surface area contributed by atoms with E-state index in [2.05, 4.69) is 25.0 Å². The molecule has 4 fully saturated rings. The summed E-state index contributed by atoms with van der Waals surface area (Å²) in [5.41, 5.74) is 0.386. The quantitative estimate of drug-likeness (QED) is 0.698. The van der Waals surface area contributed by atoms with E-state index in [4.69, 9.17) is 10.00 Å².